The van der Waals surface area contributed by atoms with Crippen molar-refractivity contribution in [3.63, 3.8) is 0 Å². The first-order valence-electron chi connectivity index (χ1n) is 8.56. The minimum absolute atomic E-state index is 0.134. The molecule has 1 aliphatic rings. The van der Waals surface area contributed by atoms with Crippen molar-refractivity contribution < 1.29 is 14.3 Å². The summed E-state index contributed by atoms with van der Waals surface area (Å²) in [6.07, 6.45) is 1.36. The summed E-state index contributed by atoms with van der Waals surface area (Å²) < 4.78 is 10.8. The molecule has 1 aliphatic heterocycles. The highest BCUT2D eigenvalue weighted by molar-refractivity contribution is 5.80. The van der Waals surface area contributed by atoms with Crippen LogP contribution in [-0.2, 0) is 11.2 Å². The third kappa shape index (κ3) is 4.12. The molecule has 1 atom stereocenters. The highest BCUT2D eigenvalue weighted by Crippen LogP contribution is 2.35. The van der Waals surface area contributed by atoms with Crippen LogP contribution in [-0.4, -0.2) is 37.6 Å². The maximum atomic E-state index is 12.7. The SMILES string of the molecule is COc1cccc([C@H]2CCN2C(=O)Cc2cccc(OCCN)c2)c1. The minimum atomic E-state index is 0.134. The van der Waals surface area contributed by atoms with Gasteiger partial charge in [-0.15, -0.1) is 0 Å². The first-order chi connectivity index (χ1) is 12.2. The zero-order chi connectivity index (χ0) is 17.6. The average molecular weight is 340 g/mol. The zero-order valence-corrected chi connectivity index (χ0v) is 14.5. The van der Waals surface area contributed by atoms with Crippen LogP contribution in [0.4, 0.5) is 0 Å². The fourth-order valence-corrected chi connectivity index (χ4v) is 3.08. The topological polar surface area (TPSA) is 64.8 Å². The van der Waals surface area contributed by atoms with Crippen molar-refractivity contribution in [3.8, 4) is 11.5 Å². The van der Waals surface area contributed by atoms with Crippen LogP contribution in [0.5, 0.6) is 11.5 Å². The predicted octanol–water partition coefficient (Wildman–Crippen LogP) is 2.55. The van der Waals surface area contributed by atoms with Gasteiger partial charge in [-0.2, -0.15) is 0 Å². The summed E-state index contributed by atoms with van der Waals surface area (Å²) in [5.41, 5.74) is 7.54. The van der Waals surface area contributed by atoms with Gasteiger partial charge in [-0.25, -0.2) is 0 Å². The van der Waals surface area contributed by atoms with Crippen LogP contribution < -0.4 is 15.2 Å². The van der Waals surface area contributed by atoms with Gasteiger partial charge in [-0.05, 0) is 41.8 Å². The molecule has 1 saturated heterocycles. The smallest absolute Gasteiger partial charge is 0.227 e. The van der Waals surface area contributed by atoms with Gasteiger partial charge in [0.05, 0.1) is 19.6 Å². The molecule has 1 fully saturated rings. The fraction of sp³-hybridized carbons (Fsp3) is 0.350. The molecule has 0 bridgehead atoms. The lowest BCUT2D eigenvalue weighted by Crippen LogP contribution is -2.45. The summed E-state index contributed by atoms with van der Waals surface area (Å²) in [6, 6.07) is 15.7. The van der Waals surface area contributed by atoms with Crippen molar-refractivity contribution in [2.45, 2.75) is 18.9 Å². The van der Waals surface area contributed by atoms with E-state index in [-0.39, 0.29) is 11.9 Å². The molecule has 0 aromatic heterocycles. The lowest BCUT2D eigenvalue weighted by atomic mass is 9.93. The molecule has 2 aromatic rings. The maximum Gasteiger partial charge on any atom is 0.227 e. The van der Waals surface area contributed by atoms with Crippen molar-refractivity contribution in [2.24, 2.45) is 5.73 Å². The number of hydrogen-bond acceptors (Lipinski definition) is 4. The molecule has 5 nitrogen and oxygen atoms in total. The molecule has 3 rings (SSSR count). The highest BCUT2D eigenvalue weighted by atomic mass is 16.5. The minimum Gasteiger partial charge on any atom is -0.497 e. The van der Waals surface area contributed by atoms with E-state index in [0.29, 0.717) is 19.6 Å². The number of nitrogens with two attached hydrogens (primary N) is 1. The summed E-state index contributed by atoms with van der Waals surface area (Å²) in [7, 11) is 1.66. The molecule has 132 valence electrons. The number of carbonyl (C=O) groups is 1. The van der Waals surface area contributed by atoms with Crippen molar-refractivity contribution in [3.05, 3.63) is 59.7 Å². The molecule has 0 unspecified atom stereocenters. The molecule has 0 spiro atoms. The Labute approximate surface area is 148 Å². The van der Waals surface area contributed by atoms with Crippen molar-refractivity contribution >= 4 is 5.91 Å². The molecular formula is C20H24N2O3. The maximum absolute atomic E-state index is 12.7. The second-order valence-electron chi connectivity index (χ2n) is 6.13. The molecule has 5 heteroatoms. The van der Waals surface area contributed by atoms with Crippen LogP contribution in [0.3, 0.4) is 0 Å². The predicted molar refractivity (Wildman–Crippen MR) is 96.8 cm³/mol. The van der Waals surface area contributed by atoms with Crippen LogP contribution in [0.2, 0.25) is 0 Å². The second-order valence-corrected chi connectivity index (χ2v) is 6.13. The van der Waals surface area contributed by atoms with Gasteiger partial charge in [0.2, 0.25) is 5.91 Å². The standard InChI is InChI=1S/C20H24N2O3/c1-24-17-6-3-5-16(14-17)19-8-10-22(19)20(23)13-15-4-2-7-18(12-15)25-11-9-21/h2-7,12,14,19H,8-11,13,21H2,1H3/t19-/m1/s1. The van der Waals surface area contributed by atoms with Crippen molar-refractivity contribution in [1.29, 1.82) is 0 Å². The van der Waals surface area contributed by atoms with E-state index >= 15 is 0 Å². The number of nitrogens with zero attached hydrogens (tertiary/aromatic N) is 1. The van der Waals surface area contributed by atoms with Crippen LogP contribution >= 0.6 is 0 Å². The monoisotopic (exact) mass is 340 g/mol. The Bertz CT molecular complexity index is 732. The third-order valence-electron chi connectivity index (χ3n) is 4.46. The Hall–Kier alpha value is -2.53. The summed E-state index contributed by atoms with van der Waals surface area (Å²) in [6.45, 7) is 1.74. The normalized spacial score (nSPS) is 16.2. The lowest BCUT2D eigenvalue weighted by molar-refractivity contribution is -0.138. The molecule has 0 radical (unpaired) electrons. The van der Waals surface area contributed by atoms with Gasteiger partial charge < -0.3 is 20.1 Å². The van der Waals surface area contributed by atoms with Gasteiger partial charge in [0, 0.05) is 13.1 Å². The average Bonchev–Trinajstić information content (AvgIpc) is 2.59. The summed E-state index contributed by atoms with van der Waals surface area (Å²) in [4.78, 5) is 14.6. The van der Waals surface area contributed by atoms with Crippen LogP contribution in [0.1, 0.15) is 23.6 Å². The van der Waals surface area contributed by atoms with E-state index in [4.69, 9.17) is 15.2 Å². The Morgan fingerprint density at radius 2 is 2.00 bits per heavy atom. The summed E-state index contributed by atoms with van der Waals surface area (Å²) in [5, 5.41) is 0. The largest absolute Gasteiger partial charge is 0.497 e. The molecule has 25 heavy (non-hydrogen) atoms. The first-order valence-corrected chi connectivity index (χ1v) is 8.56. The Morgan fingerprint density at radius 1 is 1.20 bits per heavy atom. The number of ether oxygens (including phenoxy) is 2. The number of methoxy groups -OCH3 is 1. The van der Waals surface area contributed by atoms with Crippen molar-refractivity contribution in [2.75, 3.05) is 26.8 Å². The fourth-order valence-electron chi connectivity index (χ4n) is 3.08. The number of likely N-dealkylation sites (tertiary alicyclic amines) is 1. The molecule has 1 heterocycles. The van der Waals surface area contributed by atoms with Gasteiger partial charge in [-0.3, -0.25) is 4.79 Å². The number of hydrogen-bond donors (Lipinski definition) is 1. The zero-order valence-electron chi connectivity index (χ0n) is 14.5. The van der Waals surface area contributed by atoms with E-state index in [1.807, 2.05) is 53.4 Å². The molecule has 0 aliphatic carbocycles. The molecule has 0 saturated carbocycles. The van der Waals surface area contributed by atoms with Gasteiger partial charge in [0.25, 0.3) is 0 Å². The molecule has 2 N–H and O–H groups in total. The van der Waals surface area contributed by atoms with Gasteiger partial charge in [-0.1, -0.05) is 24.3 Å². The van der Waals surface area contributed by atoms with E-state index in [1.165, 1.54) is 0 Å². The quantitative estimate of drug-likeness (QED) is 0.841. The van der Waals surface area contributed by atoms with E-state index in [2.05, 4.69) is 0 Å². The molecule has 1 amide bonds. The van der Waals surface area contributed by atoms with Gasteiger partial charge >= 0.3 is 0 Å². The number of rotatable bonds is 7. The van der Waals surface area contributed by atoms with Crippen LogP contribution in [0.25, 0.3) is 0 Å². The summed E-state index contributed by atoms with van der Waals surface area (Å²) in [5.74, 6) is 1.71. The first kappa shape index (κ1) is 17.3. The Morgan fingerprint density at radius 3 is 2.72 bits per heavy atom. The lowest BCUT2D eigenvalue weighted by Gasteiger charge is -2.41. The number of carbonyl (C=O) groups excluding carboxylic acids is 1. The number of benzene rings is 2. The van der Waals surface area contributed by atoms with Gasteiger partial charge in [0.15, 0.2) is 0 Å². The van der Waals surface area contributed by atoms with Crippen molar-refractivity contribution in [1.82, 2.24) is 4.90 Å². The Balaban J connectivity index is 1.65. The second kappa shape index (κ2) is 8.03. The molecule has 2 aromatic carbocycles. The highest BCUT2D eigenvalue weighted by Gasteiger charge is 2.33. The third-order valence-corrected chi connectivity index (χ3v) is 4.46. The van der Waals surface area contributed by atoms with Gasteiger partial charge in [0.1, 0.15) is 18.1 Å². The van der Waals surface area contributed by atoms with E-state index in [1.54, 1.807) is 7.11 Å². The van der Waals surface area contributed by atoms with E-state index in [0.717, 1.165) is 35.6 Å². The Kier molecular flexibility index (Phi) is 5.56. The van der Waals surface area contributed by atoms with Crippen LogP contribution in [0.15, 0.2) is 48.5 Å². The van der Waals surface area contributed by atoms with Crippen LogP contribution in [0, 0.1) is 0 Å². The van der Waals surface area contributed by atoms with E-state index < -0.39 is 0 Å². The number of amides is 1. The summed E-state index contributed by atoms with van der Waals surface area (Å²) >= 11 is 0. The molecular weight excluding hydrogens is 316 g/mol. The van der Waals surface area contributed by atoms with E-state index in [9.17, 15) is 4.79 Å².